The number of quaternary nitrogens is 1. The van der Waals surface area contributed by atoms with Crippen molar-refractivity contribution < 1.29 is 9.29 Å². The van der Waals surface area contributed by atoms with Crippen molar-refractivity contribution in [1.29, 1.82) is 0 Å². The Labute approximate surface area is 102 Å². The summed E-state index contributed by atoms with van der Waals surface area (Å²) in [7, 11) is 4.23. The maximum absolute atomic E-state index is 13.5. The summed E-state index contributed by atoms with van der Waals surface area (Å²) in [4.78, 5) is 3.36. The monoisotopic (exact) mass is 233 g/mol. The average molecular weight is 233 g/mol. The van der Waals surface area contributed by atoms with Crippen molar-refractivity contribution in [1.82, 2.24) is 4.90 Å². The number of rotatable bonds is 3. The summed E-state index contributed by atoms with van der Waals surface area (Å²) in [5, 5.41) is 0. The van der Waals surface area contributed by atoms with E-state index in [1.165, 1.54) is 11.0 Å². The van der Waals surface area contributed by atoms with Crippen LogP contribution in [0, 0.1) is 5.82 Å². The van der Waals surface area contributed by atoms with Gasteiger partial charge in [-0.05, 0) is 18.2 Å². The van der Waals surface area contributed by atoms with Gasteiger partial charge in [0.1, 0.15) is 11.9 Å². The van der Waals surface area contributed by atoms with Gasteiger partial charge in [-0.15, -0.1) is 0 Å². The molecule has 0 bridgehead atoms. The Hall–Kier alpha value is -1.61. The lowest BCUT2D eigenvalue weighted by Crippen LogP contribution is -3.09. The SMILES string of the molecule is C[NH+](C)C1C=CN(Cc2ccccc2F)C=C1. The summed E-state index contributed by atoms with van der Waals surface area (Å²) < 4.78 is 13.5. The number of hydrogen-bond acceptors (Lipinski definition) is 1. The van der Waals surface area contributed by atoms with Crippen molar-refractivity contribution in [3.63, 3.8) is 0 Å². The third-order valence-corrected chi connectivity index (χ3v) is 2.95. The van der Waals surface area contributed by atoms with E-state index >= 15 is 0 Å². The van der Waals surface area contributed by atoms with Crippen LogP contribution in [0.1, 0.15) is 5.56 Å². The predicted octanol–water partition coefficient (Wildman–Crippen LogP) is 1.18. The second kappa shape index (κ2) is 5.15. The van der Waals surface area contributed by atoms with E-state index in [0.717, 1.165) is 5.56 Å². The molecule has 0 unspecified atom stereocenters. The molecule has 0 saturated carbocycles. The van der Waals surface area contributed by atoms with Gasteiger partial charge in [-0.3, -0.25) is 0 Å². The molecule has 0 saturated heterocycles. The van der Waals surface area contributed by atoms with Crippen molar-refractivity contribution in [3.05, 3.63) is 60.2 Å². The summed E-state index contributed by atoms with van der Waals surface area (Å²) in [6.45, 7) is 0.579. The molecule has 0 aromatic heterocycles. The largest absolute Gasteiger partial charge is 0.350 e. The molecule has 17 heavy (non-hydrogen) atoms. The van der Waals surface area contributed by atoms with Crippen molar-refractivity contribution in [2.45, 2.75) is 12.6 Å². The smallest absolute Gasteiger partial charge is 0.128 e. The molecule has 1 aliphatic heterocycles. The molecule has 0 atom stereocenters. The summed E-state index contributed by atoms with van der Waals surface area (Å²) in [5.74, 6) is -0.144. The highest BCUT2D eigenvalue weighted by Crippen LogP contribution is 2.12. The average Bonchev–Trinajstić information content (AvgIpc) is 2.33. The van der Waals surface area contributed by atoms with Crippen molar-refractivity contribution >= 4 is 0 Å². The summed E-state index contributed by atoms with van der Waals surface area (Å²) in [6, 6.07) is 7.31. The normalized spacial score (nSPS) is 15.9. The van der Waals surface area contributed by atoms with Gasteiger partial charge in [0.25, 0.3) is 0 Å². The number of likely N-dealkylation sites (N-methyl/N-ethyl adjacent to an activating group) is 1. The lowest BCUT2D eigenvalue weighted by molar-refractivity contribution is -0.871. The highest BCUT2D eigenvalue weighted by molar-refractivity contribution is 5.19. The van der Waals surface area contributed by atoms with E-state index in [-0.39, 0.29) is 5.82 Å². The number of nitrogens with one attached hydrogen (secondary N) is 1. The van der Waals surface area contributed by atoms with Crippen LogP contribution >= 0.6 is 0 Å². The van der Waals surface area contributed by atoms with Gasteiger partial charge in [-0.25, -0.2) is 4.39 Å². The van der Waals surface area contributed by atoms with Crippen molar-refractivity contribution in [2.24, 2.45) is 0 Å². The van der Waals surface area contributed by atoms with Gasteiger partial charge in [0.15, 0.2) is 0 Å². The third-order valence-electron chi connectivity index (χ3n) is 2.95. The molecule has 0 aliphatic carbocycles. The molecule has 0 spiro atoms. The van der Waals surface area contributed by atoms with E-state index in [4.69, 9.17) is 0 Å². The van der Waals surface area contributed by atoms with Crippen LogP contribution in [-0.2, 0) is 6.54 Å². The van der Waals surface area contributed by atoms with E-state index < -0.39 is 0 Å². The molecule has 2 rings (SSSR count). The Bertz CT molecular complexity index is 424. The van der Waals surface area contributed by atoms with Crippen molar-refractivity contribution in [3.8, 4) is 0 Å². The fourth-order valence-corrected chi connectivity index (χ4v) is 1.83. The van der Waals surface area contributed by atoms with E-state index in [2.05, 4.69) is 26.2 Å². The van der Waals surface area contributed by atoms with E-state index in [1.807, 2.05) is 29.4 Å². The number of nitrogens with zero attached hydrogens (tertiary/aromatic N) is 1. The topological polar surface area (TPSA) is 7.68 Å². The summed E-state index contributed by atoms with van der Waals surface area (Å²) in [5.41, 5.74) is 0.720. The Balaban J connectivity index is 2.01. The molecule has 1 aromatic rings. The van der Waals surface area contributed by atoms with Crippen LogP contribution in [0.15, 0.2) is 48.8 Å². The lowest BCUT2D eigenvalue weighted by atomic mass is 10.1. The van der Waals surface area contributed by atoms with Gasteiger partial charge in [0.05, 0.1) is 14.1 Å². The fraction of sp³-hybridized carbons (Fsp3) is 0.286. The van der Waals surface area contributed by atoms with E-state index in [9.17, 15) is 4.39 Å². The molecule has 1 N–H and O–H groups in total. The molecule has 90 valence electrons. The number of benzene rings is 1. The van der Waals surface area contributed by atoms with Gasteiger partial charge < -0.3 is 9.80 Å². The third kappa shape index (κ3) is 2.94. The molecule has 3 heteroatoms. The molecule has 0 radical (unpaired) electrons. The van der Waals surface area contributed by atoms with Crippen LogP contribution in [0.5, 0.6) is 0 Å². The zero-order chi connectivity index (χ0) is 12.3. The molecule has 1 aromatic carbocycles. The molecule has 2 nitrogen and oxygen atoms in total. The summed E-state index contributed by atoms with van der Waals surface area (Å²) >= 11 is 0. The predicted molar refractivity (Wildman–Crippen MR) is 66.8 cm³/mol. The first-order chi connectivity index (χ1) is 8.16. The Kier molecular flexibility index (Phi) is 3.59. The number of hydrogen-bond donors (Lipinski definition) is 1. The standard InChI is InChI=1S/C14H17FN2/c1-16(2)13-7-9-17(10-8-13)11-12-5-3-4-6-14(12)15/h3-10,13H,11H2,1-2H3/p+1. The van der Waals surface area contributed by atoms with Crippen LogP contribution in [0.2, 0.25) is 0 Å². The summed E-state index contributed by atoms with van der Waals surface area (Å²) in [6.07, 6.45) is 8.31. The zero-order valence-electron chi connectivity index (χ0n) is 10.2. The first-order valence-electron chi connectivity index (χ1n) is 5.82. The van der Waals surface area contributed by atoms with Gasteiger partial charge >= 0.3 is 0 Å². The fourth-order valence-electron chi connectivity index (χ4n) is 1.83. The lowest BCUT2D eigenvalue weighted by Gasteiger charge is -2.23. The van der Waals surface area contributed by atoms with Crippen LogP contribution in [0.3, 0.4) is 0 Å². The van der Waals surface area contributed by atoms with Crippen molar-refractivity contribution in [2.75, 3.05) is 14.1 Å². The van der Waals surface area contributed by atoms with Gasteiger partial charge in [-0.2, -0.15) is 0 Å². The van der Waals surface area contributed by atoms with E-state index in [0.29, 0.717) is 12.6 Å². The van der Waals surface area contributed by atoms with Gasteiger partial charge in [0, 0.05) is 24.5 Å². The van der Waals surface area contributed by atoms with Crippen LogP contribution < -0.4 is 4.90 Å². The highest BCUT2D eigenvalue weighted by Gasteiger charge is 2.12. The van der Waals surface area contributed by atoms with Gasteiger partial charge in [-0.1, -0.05) is 18.2 Å². The number of halogens is 1. The minimum atomic E-state index is -0.144. The zero-order valence-corrected chi connectivity index (χ0v) is 10.2. The minimum Gasteiger partial charge on any atom is -0.350 e. The molecule has 1 heterocycles. The van der Waals surface area contributed by atoms with Crippen LogP contribution in [-0.4, -0.2) is 25.0 Å². The molecule has 0 fully saturated rings. The Morgan fingerprint density at radius 1 is 1.18 bits per heavy atom. The molecule has 0 amide bonds. The second-order valence-electron chi connectivity index (χ2n) is 4.55. The first-order valence-corrected chi connectivity index (χ1v) is 5.82. The molecular weight excluding hydrogens is 215 g/mol. The second-order valence-corrected chi connectivity index (χ2v) is 4.55. The maximum atomic E-state index is 13.5. The minimum absolute atomic E-state index is 0.144. The van der Waals surface area contributed by atoms with E-state index in [1.54, 1.807) is 6.07 Å². The van der Waals surface area contributed by atoms with Gasteiger partial charge in [0.2, 0.25) is 0 Å². The maximum Gasteiger partial charge on any atom is 0.128 e. The quantitative estimate of drug-likeness (QED) is 0.824. The van der Waals surface area contributed by atoms with Crippen LogP contribution in [0.25, 0.3) is 0 Å². The Morgan fingerprint density at radius 2 is 1.82 bits per heavy atom. The molecule has 1 aliphatic rings. The highest BCUT2D eigenvalue weighted by atomic mass is 19.1. The first kappa shape index (κ1) is 11.9. The Morgan fingerprint density at radius 3 is 2.41 bits per heavy atom. The molecular formula is C14H18FN2+. The van der Waals surface area contributed by atoms with Crippen LogP contribution in [0.4, 0.5) is 4.39 Å².